The fourth-order valence-corrected chi connectivity index (χ4v) is 2.71. The van der Waals surface area contributed by atoms with Crippen LogP contribution in [0.25, 0.3) is 0 Å². The zero-order valence-electron chi connectivity index (χ0n) is 11.8. The van der Waals surface area contributed by atoms with Gasteiger partial charge < -0.3 is 24.8 Å². The molecule has 20 heavy (non-hydrogen) atoms. The topological polar surface area (TPSA) is 88.1 Å². The molecule has 114 valence electrons. The molecule has 1 unspecified atom stereocenters. The lowest BCUT2D eigenvalue weighted by Gasteiger charge is -2.38. The maximum absolute atomic E-state index is 12.3. The molecule has 2 aliphatic rings. The lowest BCUT2D eigenvalue weighted by Crippen LogP contribution is -2.61. The number of amides is 2. The third-order valence-electron chi connectivity index (χ3n) is 4.10. The Kier molecular flexibility index (Phi) is 4.82. The average Bonchev–Trinajstić information content (AvgIpc) is 2.48. The molecule has 0 aromatic rings. The number of carboxylic acids is 1. The number of nitrogens with zero attached hydrogens (tertiary/aromatic N) is 1. The van der Waals surface area contributed by atoms with Gasteiger partial charge in [0.15, 0.2) is 0 Å². The van der Waals surface area contributed by atoms with Gasteiger partial charge in [0.2, 0.25) is 0 Å². The summed E-state index contributed by atoms with van der Waals surface area (Å²) in [6, 6.07) is -0.323. The first kappa shape index (κ1) is 15.1. The van der Waals surface area contributed by atoms with E-state index in [-0.39, 0.29) is 12.1 Å². The second kappa shape index (κ2) is 6.41. The van der Waals surface area contributed by atoms with Crippen molar-refractivity contribution in [2.45, 2.75) is 37.3 Å². The van der Waals surface area contributed by atoms with Crippen molar-refractivity contribution in [1.82, 2.24) is 10.2 Å². The summed E-state index contributed by atoms with van der Waals surface area (Å²) in [7, 11) is 1.63. The van der Waals surface area contributed by atoms with Crippen molar-refractivity contribution >= 4 is 12.0 Å². The second-order valence-corrected chi connectivity index (χ2v) is 5.38. The summed E-state index contributed by atoms with van der Waals surface area (Å²) in [5, 5.41) is 12.1. The number of nitrogens with one attached hydrogen (secondary N) is 1. The van der Waals surface area contributed by atoms with Crippen LogP contribution in [0.1, 0.15) is 25.7 Å². The third-order valence-corrected chi connectivity index (χ3v) is 4.10. The molecule has 0 saturated carbocycles. The molecule has 7 heteroatoms. The SMILES string of the molecule is COC1CCCN(C(=O)NC2(C(=O)O)CCOCC2)C1. The van der Waals surface area contributed by atoms with E-state index in [1.165, 1.54) is 0 Å². The molecule has 2 saturated heterocycles. The summed E-state index contributed by atoms with van der Waals surface area (Å²) in [6.07, 6.45) is 2.43. The van der Waals surface area contributed by atoms with Crippen LogP contribution in [-0.4, -0.2) is 67.1 Å². The number of hydrogen-bond donors (Lipinski definition) is 2. The molecule has 2 rings (SSSR count). The Morgan fingerprint density at radius 2 is 2.10 bits per heavy atom. The van der Waals surface area contributed by atoms with E-state index >= 15 is 0 Å². The molecule has 2 aliphatic heterocycles. The highest BCUT2D eigenvalue weighted by atomic mass is 16.5. The average molecular weight is 286 g/mol. The van der Waals surface area contributed by atoms with Gasteiger partial charge in [0.05, 0.1) is 6.10 Å². The molecule has 2 heterocycles. The maximum Gasteiger partial charge on any atom is 0.329 e. The van der Waals surface area contributed by atoms with Gasteiger partial charge >= 0.3 is 12.0 Å². The number of hydrogen-bond acceptors (Lipinski definition) is 4. The minimum absolute atomic E-state index is 0.0324. The molecule has 1 atom stereocenters. The first-order valence-electron chi connectivity index (χ1n) is 6.98. The van der Waals surface area contributed by atoms with Crippen molar-refractivity contribution in [3.63, 3.8) is 0 Å². The molecule has 0 aromatic carbocycles. The molecule has 0 spiro atoms. The molecule has 0 aliphatic carbocycles. The van der Waals surface area contributed by atoms with Crippen LogP contribution in [-0.2, 0) is 14.3 Å². The summed E-state index contributed by atoms with van der Waals surface area (Å²) in [4.78, 5) is 25.4. The highest BCUT2D eigenvalue weighted by molar-refractivity contribution is 5.86. The minimum Gasteiger partial charge on any atom is -0.480 e. The third kappa shape index (κ3) is 3.21. The van der Waals surface area contributed by atoms with E-state index in [0.29, 0.717) is 39.1 Å². The van der Waals surface area contributed by atoms with Crippen molar-refractivity contribution in [3.05, 3.63) is 0 Å². The second-order valence-electron chi connectivity index (χ2n) is 5.38. The van der Waals surface area contributed by atoms with Gasteiger partial charge in [-0.3, -0.25) is 0 Å². The number of carbonyl (C=O) groups excluding carboxylic acids is 1. The fraction of sp³-hybridized carbons (Fsp3) is 0.846. The number of methoxy groups -OCH3 is 1. The van der Waals surface area contributed by atoms with Gasteiger partial charge in [-0.25, -0.2) is 9.59 Å². The van der Waals surface area contributed by atoms with Crippen molar-refractivity contribution in [2.24, 2.45) is 0 Å². The molecule has 2 fully saturated rings. The van der Waals surface area contributed by atoms with Gasteiger partial charge in [0.25, 0.3) is 0 Å². The first-order valence-corrected chi connectivity index (χ1v) is 6.98. The predicted molar refractivity (Wildman–Crippen MR) is 70.6 cm³/mol. The van der Waals surface area contributed by atoms with E-state index < -0.39 is 11.5 Å². The molecular weight excluding hydrogens is 264 g/mol. The number of aliphatic carboxylic acids is 1. The Balaban J connectivity index is 1.99. The number of likely N-dealkylation sites (tertiary alicyclic amines) is 1. The van der Waals surface area contributed by atoms with Gasteiger partial charge in [-0.05, 0) is 12.8 Å². The number of urea groups is 1. The highest BCUT2D eigenvalue weighted by Gasteiger charge is 2.42. The van der Waals surface area contributed by atoms with Gasteiger partial charge in [0.1, 0.15) is 5.54 Å². The summed E-state index contributed by atoms with van der Waals surface area (Å²) in [5.74, 6) is -0.991. The van der Waals surface area contributed by atoms with Crippen LogP contribution in [0.3, 0.4) is 0 Å². The zero-order valence-corrected chi connectivity index (χ0v) is 11.8. The van der Waals surface area contributed by atoms with Gasteiger partial charge in [-0.2, -0.15) is 0 Å². The van der Waals surface area contributed by atoms with Gasteiger partial charge in [-0.1, -0.05) is 0 Å². The molecule has 0 bridgehead atoms. The number of carbonyl (C=O) groups is 2. The van der Waals surface area contributed by atoms with Crippen molar-refractivity contribution in [2.75, 3.05) is 33.4 Å². The molecule has 7 nitrogen and oxygen atoms in total. The van der Waals surface area contributed by atoms with E-state index in [9.17, 15) is 14.7 Å². The number of carboxylic acid groups (broad SMARTS) is 1. The molecule has 0 aromatic heterocycles. The van der Waals surface area contributed by atoms with Gasteiger partial charge in [0, 0.05) is 46.3 Å². The van der Waals surface area contributed by atoms with Crippen LogP contribution in [0.5, 0.6) is 0 Å². The fourth-order valence-electron chi connectivity index (χ4n) is 2.71. The minimum atomic E-state index is -1.20. The Labute approximate surface area is 118 Å². The Hall–Kier alpha value is -1.34. The predicted octanol–water partition coefficient (Wildman–Crippen LogP) is 0.441. The lowest BCUT2D eigenvalue weighted by atomic mass is 9.90. The number of rotatable bonds is 3. The van der Waals surface area contributed by atoms with E-state index in [4.69, 9.17) is 9.47 Å². The van der Waals surface area contributed by atoms with E-state index in [0.717, 1.165) is 12.8 Å². The normalized spacial score (nSPS) is 26.1. The van der Waals surface area contributed by atoms with Crippen LogP contribution in [0.15, 0.2) is 0 Å². The van der Waals surface area contributed by atoms with Gasteiger partial charge in [-0.15, -0.1) is 0 Å². The maximum atomic E-state index is 12.3. The van der Waals surface area contributed by atoms with Crippen LogP contribution in [0, 0.1) is 0 Å². The Morgan fingerprint density at radius 1 is 1.40 bits per heavy atom. The van der Waals surface area contributed by atoms with Crippen LogP contribution in [0.2, 0.25) is 0 Å². The highest BCUT2D eigenvalue weighted by Crippen LogP contribution is 2.22. The molecule has 2 N–H and O–H groups in total. The summed E-state index contributed by atoms with van der Waals surface area (Å²) >= 11 is 0. The first-order chi connectivity index (χ1) is 9.57. The molecule has 2 amide bonds. The monoisotopic (exact) mass is 286 g/mol. The Morgan fingerprint density at radius 3 is 2.70 bits per heavy atom. The van der Waals surface area contributed by atoms with Crippen molar-refractivity contribution in [1.29, 1.82) is 0 Å². The smallest absolute Gasteiger partial charge is 0.329 e. The summed E-state index contributed by atoms with van der Waals surface area (Å²) in [5.41, 5.74) is -1.20. The number of ether oxygens (including phenoxy) is 2. The van der Waals surface area contributed by atoms with Crippen LogP contribution in [0.4, 0.5) is 4.79 Å². The summed E-state index contributed by atoms with van der Waals surface area (Å²) in [6.45, 7) is 1.85. The molecule has 0 radical (unpaired) electrons. The largest absolute Gasteiger partial charge is 0.480 e. The lowest BCUT2D eigenvalue weighted by molar-refractivity contribution is -0.148. The Bertz CT molecular complexity index is 368. The van der Waals surface area contributed by atoms with E-state index in [1.807, 2.05) is 0 Å². The zero-order chi connectivity index (χ0) is 14.6. The molecular formula is C13H22N2O5. The van der Waals surface area contributed by atoms with E-state index in [2.05, 4.69) is 5.32 Å². The van der Waals surface area contributed by atoms with Crippen LogP contribution >= 0.6 is 0 Å². The number of piperidine rings is 1. The van der Waals surface area contributed by atoms with Crippen LogP contribution < -0.4 is 5.32 Å². The van der Waals surface area contributed by atoms with Crippen molar-refractivity contribution < 1.29 is 24.2 Å². The van der Waals surface area contributed by atoms with E-state index in [1.54, 1.807) is 12.0 Å². The quantitative estimate of drug-likeness (QED) is 0.786. The standard InChI is InChI=1S/C13H22N2O5/c1-19-10-3-2-6-15(9-10)12(18)14-13(11(16)17)4-7-20-8-5-13/h10H,2-9H2,1H3,(H,14,18)(H,16,17). The van der Waals surface area contributed by atoms with Crippen molar-refractivity contribution in [3.8, 4) is 0 Å². The summed E-state index contributed by atoms with van der Waals surface area (Å²) < 4.78 is 10.5.